The van der Waals surface area contributed by atoms with Gasteiger partial charge < -0.3 is 10.1 Å². The first-order chi connectivity index (χ1) is 10.0. The van der Waals surface area contributed by atoms with Gasteiger partial charge in [0.2, 0.25) is 5.82 Å². The molecule has 1 aliphatic carbocycles. The summed E-state index contributed by atoms with van der Waals surface area (Å²) in [5.41, 5.74) is -0.159. The fourth-order valence-corrected chi connectivity index (χ4v) is 2.48. The Morgan fingerprint density at radius 2 is 2.05 bits per heavy atom. The van der Waals surface area contributed by atoms with Crippen LogP contribution in [-0.2, 0) is 0 Å². The van der Waals surface area contributed by atoms with E-state index in [1.54, 1.807) is 6.92 Å². The Hall–Kier alpha value is -1.92. The summed E-state index contributed by atoms with van der Waals surface area (Å²) in [7, 11) is 0. The number of nitro groups is 1. The van der Waals surface area contributed by atoms with E-state index >= 15 is 0 Å². The summed E-state index contributed by atoms with van der Waals surface area (Å²) >= 11 is 0. The van der Waals surface area contributed by atoms with Crippen LogP contribution in [0.15, 0.2) is 0 Å². The lowest BCUT2D eigenvalue weighted by Crippen LogP contribution is -2.18. The third kappa shape index (κ3) is 3.59. The summed E-state index contributed by atoms with van der Waals surface area (Å²) in [5.74, 6) is 0.981. The van der Waals surface area contributed by atoms with Crippen molar-refractivity contribution >= 4 is 11.5 Å². The van der Waals surface area contributed by atoms with Crippen LogP contribution in [0.5, 0.6) is 5.88 Å². The fraction of sp³-hybridized carbons (Fsp3) is 0.714. The van der Waals surface area contributed by atoms with Crippen LogP contribution in [0.2, 0.25) is 0 Å². The third-order valence-electron chi connectivity index (χ3n) is 3.55. The van der Waals surface area contributed by atoms with Crippen LogP contribution in [0.3, 0.4) is 0 Å². The largest absolute Gasteiger partial charge is 0.473 e. The number of hydrogen-bond donors (Lipinski definition) is 1. The average Bonchev–Trinajstić information content (AvgIpc) is 2.91. The van der Waals surface area contributed by atoms with Gasteiger partial charge in [0, 0.05) is 12.0 Å². The SMILES string of the molecule is CCOc1nc(C(C)C)nc(NC2CCCC2)c1[N+](=O)[O-]. The van der Waals surface area contributed by atoms with Crippen LogP contribution in [0.1, 0.15) is 58.2 Å². The highest BCUT2D eigenvalue weighted by Gasteiger charge is 2.29. The Balaban J connectivity index is 2.43. The van der Waals surface area contributed by atoms with E-state index < -0.39 is 4.92 Å². The predicted molar refractivity (Wildman–Crippen MR) is 79.8 cm³/mol. The maximum absolute atomic E-state index is 11.4. The lowest BCUT2D eigenvalue weighted by atomic mass is 10.2. The normalized spacial score (nSPS) is 15.4. The second-order valence-corrected chi connectivity index (χ2v) is 5.55. The predicted octanol–water partition coefficient (Wildman–Crippen LogP) is 3.26. The van der Waals surface area contributed by atoms with Crippen molar-refractivity contribution in [2.24, 2.45) is 0 Å². The number of aromatic nitrogens is 2. The standard InChI is InChI=1S/C14H22N4O3/c1-4-21-14-11(18(19)20)13(15-10-7-5-6-8-10)16-12(17-14)9(2)3/h9-10H,4-8H2,1-3H3,(H,15,16,17). The Labute approximate surface area is 124 Å². The molecule has 7 heteroatoms. The Bertz CT molecular complexity index is 513. The third-order valence-corrected chi connectivity index (χ3v) is 3.55. The first-order valence-electron chi connectivity index (χ1n) is 7.48. The van der Waals surface area contributed by atoms with E-state index in [9.17, 15) is 10.1 Å². The highest BCUT2D eigenvalue weighted by molar-refractivity contribution is 5.62. The van der Waals surface area contributed by atoms with Crippen molar-refractivity contribution in [1.82, 2.24) is 9.97 Å². The van der Waals surface area contributed by atoms with Crippen molar-refractivity contribution in [3.8, 4) is 5.88 Å². The molecule has 0 unspecified atom stereocenters. The molecule has 1 fully saturated rings. The van der Waals surface area contributed by atoms with Gasteiger partial charge in [-0.25, -0.2) is 4.98 Å². The van der Waals surface area contributed by atoms with Gasteiger partial charge in [0.15, 0.2) is 0 Å². The number of nitrogens with one attached hydrogen (secondary N) is 1. The fourth-order valence-electron chi connectivity index (χ4n) is 2.48. The zero-order chi connectivity index (χ0) is 15.4. The van der Waals surface area contributed by atoms with Crippen LogP contribution in [-0.4, -0.2) is 27.5 Å². The highest BCUT2D eigenvalue weighted by atomic mass is 16.6. The van der Waals surface area contributed by atoms with Crippen molar-refractivity contribution in [1.29, 1.82) is 0 Å². The lowest BCUT2D eigenvalue weighted by Gasteiger charge is -2.16. The number of rotatable bonds is 6. The minimum absolute atomic E-state index is 0.0571. The molecular formula is C14H22N4O3. The lowest BCUT2D eigenvalue weighted by molar-refractivity contribution is -0.385. The molecule has 2 rings (SSSR count). The molecule has 1 aromatic rings. The molecular weight excluding hydrogens is 272 g/mol. The van der Waals surface area contributed by atoms with Gasteiger partial charge in [0.1, 0.15) is 5.82 Å². The topological polar surface area (TPSA) is 90.2 Å². The molecule has 116 valence electrons. The van der Waals surface area contributed by atoms with Gasteiger partial charge in [-0.15, -0.1) is 0 Å². The Morgan fingerprint density at radius 3 is 2.57 bits per heavy atom. The van der Waals surface area contributed by atoms with Crippen molar-refractivity contribution in [3.05, 3.63) is 15.9 Å². The number of nitrogens with zero attached hydrogens (tertiary/aromatic N) is 3. The molecule has 0 aromatic carbocycles. The molecule has 7 nitrogen and oxygen atoms in total. The number of hydrogen-bond acceptors (Lipinski definition) is 6. The highest BCUT2D eigenvalue weighted by Crippen LogP contribution is 2.35. The van der Waals surface area contributed by atoms with E-state index in [0.717, 1.165) is 25.7 Å². The van der Waals surface area contributed by atoms with Crippen LogP contribution in [0, 0.1) is 10.1 Å². The van der Waals surface area contributed by atoms with E-state index in [4.69, 9.17) is 4.74 Å². The van der Waals surface area contributed by atoms with Crippen molar-refractivity contribution in [2.75, 3.05) is 11.9 Å². The molecule has 0 aliphatic heterocycles. The van der Waals surface area contributed by atoms with Gasteiger partial charge >= 0.3 is 5.69 Å². The molecule has 0 atom stereocenters. The van der Waals surface area contributed by atoms with Crippen molar-refractivity contribution in [3.63, 3.8) is 0 Å². The molecule has 1 aromatic heterocycles. The summed E-state index contributed by atoms with van der Waals surface area (Å²) in [5, 5.41) is 14.6. The van der Waals surface area contributed by atoms with Crippen LogP contribution < -0.4 is 10.1 Å². The minimum atomic E-state index is -0.466. The molecule has 1 N–H and O–H groups in total. The quantitative estimate of drug-likeness (QED) is 0.639. The van der Waals surface area contributed by atoms with E-state index in [2.05, 4.69) is 15.3 Å². The van der Waals surface area contributed by atoms with Gasteiger partial charge in [-0.05, 0) is 19.8 Å². The van der Waals surface area contributed by atoms with E-state index in [-0.39, 0.29) is 29.3 Å². The maximum Gasteiger partial charge on any atom is 0.372 e. The summed E-state index contributed by atoms with van der Waals surface area (Å²) in [4.78, 5) is 19.5. The molecule has 0 bridgehead atoms. The van der Waals surface area contributed by atoms with E-state index in [1.807, 2.05) is 13.8 Å². The summed E-state index contributed by atoms with van der Waals surface area (Å²) in [6, 6.07) is 0.244. The Morgan fingerprint density at radius 1 is 1.38 bits per heavy atom. The average molecular weight is 294 g/mol. The van der Waals surface area contributed by atoms with Crippen molar-refractivity contribution < 1.29 is 9.66 Å². The maximum atomic E-state index is 11.4. The molecule has 1 saturated carbocycles. The monoisotopic (exact) mass is 294 g/mol. The van der Waals surface area contributed by atoms with Crippen LogP contribution in [0.25, 0.3) is 0 Å². The van der Waals surface area contributed by atoms with Gasteiger partial charge in [-0.1, -0.05) is 26.7 Å². The molecule has 0 radical (unpaired) electrons. The second kappa shape index (κ2) is 6.69. The minimum Gasteiger partial charge on any atom is -0.473 e. The van der Waals surface area contributed by atoms with Gasteiger partial charge in [0.05, 0.1) is 11.5 Å². The summed E-state index contributed by atoms with van der Waals surface area (Å²) in [6.45, 7) is 6.02. The molecule has 0 spiro atoms. The zero-order valence-electron chi connectivity index (χ0n) is 12.8. The number of anilines is 1. The van der Waals surface area contributed by atoms with Gasteiger partial charge in [0.25, 0.3) is 5.88 Å². The smallest absolute Gasteiger partial charge is 0.372 e. The second-order valence-electron chi connectivity index (χ2n) is 5.55. The molecule has 1 aliphatic rings. The molecule has 1 heterocycles. The van der Waals surface area contributed by atoms with Gasteiger partial charge in [-0.2, -0.15) is 4.98 Å². The number of ether oxygens (including phenoxy) is 1. The first-order valence-corrected chi connectivity index (χ1v) is 7.48. The zero-order valence-corrected chi connectivity index (χ0v) is 12.8. The van der Waals surface area contributed by atoms with Crippen molar-refractivity contribution in [2.45, 2.75) is 58.4 Å². The van der Waals surface area contributed by atoms with Gasteiger partial charge in [-0.3, -0.25) is 10.1 Å². The summed E-state index contributed by atoms with van der Waals surface area (Å²) < 4.78 is 5.36. The Kier molecular flexibility index (Phi) is 4.93. The molecule has 0 amide bonds. The van der Waals surface area contributed by atoms with Crippen LogP contribution >= 0.6 is 0 Å². The van der Waals surface area contributed by atoms with Crippen LogP contribution in [0.4, 0.5) is 11.5 Å². The van der Waals surface area contributed by atoms with E-state index in [0.29, 0.717) is 12.4 Å². The molecule has 0 saturated heterocycles. The first kappa shape index (κ1) is 15.5. The molecule has 21 heavy (non-hydrogen) atoms. The van der Waals surface area contributed by atoms with E-state index in [1.165, 1.54) is 0 Å². The summed E-state index contributed by atoms with van der Waals surface area (Å²) in [6.07, 6.45) is 4.32.